The number of carbonyl (C=O) groups is 4. The standard InChI is InChI=1S/C17H17N3O6/c1-4-26-17(24)13-12-14(20(18-13)9(2)21)16(23)19(15(12)22)10-5-7-11(25-3)8-6-10/h5-8,12,14H,4H2,1-3H3/t12-,14+/m0/s1. The third-order valence-electron chi connectivity index (χ3n) is 4.19. The summed E-state index contributed by atoms with van der Waals surface area (Å²) >= 11 is 0. The van der Waals surface area contributed by atoms with Crippen LogP contribution in [0, 0.1) is 5.92 Å². The molecule has 0 aliphatic carbocycles. The number of imide groups is 1. The fourth-order valence-corrected chi connectivity index (χ4v) is 3.04. The van der Waals surface area contributed by atoms with Crippen molar-refractivity contribution in [3.8, 4) is 5.75 Å². The van der Waals surface area contributed by atoms with Crippen molar-refractivity contribution in [1.29, 1.82) is 0 Å². The van der Waals surface area contributed by atoms with Gasteiger partial charge in [-0.3, -0.25) is 14.4 Å². The normalized spacial score (nSPS) is 21.6. The van der Waals surface area contributed by atoms with Crippen molar-refractivity contribution in [3.63, 3.8) is 0 Å². The predicted molar refractivity (Wildman–Crippen MR) is 89.4 cm³/mol. The number of hydrogen-bond acceptors (Lipinski definition) is 7. The Hall–Kier alpha value is -3.23. The van der Waals surface area contributed by atoms with Gasteiger partial charge in [0.1, 0.15) is 11.7 Å². The van der Waals surface area contributed by atoms with Crippen molar-refractivity contribution >= 4 is 35.1 Å². The number of methoxy groups -OCH3 is 1. The van der Waals surface area contributed by atoms with Gasteiger partial charge in [-0.05, 0) is 31.2 Å². The number of amides is 3. The third-order valence-corrected chi connectivity index (χ3v) is 4.19. The van der Waals surface area contributed by atoms with Gasteiger partial charge in [-0.15, -0.1) is 0 Å². The van der Waals surface area contributed by atoms with Crippen LogP contribution in [0.15, 0.2) is 29.4 Å². The lowest BCUT2D eigenvalue weighted by molar-refractivity contribution is -0.136. The summed E-state index contributed by atoms with van der Waals surface area (Å²) in [4.78, 5) is 50.7. The molecule has 3 amide bonds. The van der Waals surface area contributed by atoms with E-state index in [1.54, 1.807) is 31.2 Å². The first-order valence-electron chi connectivity index (χ1n) is 7.98. The van der Waals surface area contributed by atoms with E-state index in [2.05, 4.69) is 5.10 Å². The molecule has 3 rings (SSSR count). The van der Waals surface area contributed by atoms with Crippen LogP contribution in [0.1, 0.15) is 13.8 Å². The van der Waals surface area contributed by atoms with Crippen molar-refractivity contribution in [3.05, 3.63) is 24.3 Å². The molecule has 1 saturated heterocycles. The summed E-state index contributed by atoms with van der Waals surface area (Å²) in [6.45, 7) is 2.90. The summed E-state index contributed by atoms with van der Waals surface area (Å²) < 4.78 is 9.97. The molecule has 0 N–H and O–H groups in total. The zero-order valence-electron chi connectivity index (χ0n) is 14.5. The fourth-order valence-electron chi connectivity index (χ4n) is 3.04. The molecule has 0 radical (unpaired) electrons. The number of esters is 1. The maximum absolute atomic E-state index is 12.9. The molecule has 0 spiro atoms. The van der Waals surface area contributed by atoms with Crippen molar-refractivity contribution in [2.45, 2.75) is 19.9 Å². The van der Waals surface area contributed by atoms with Gasteiger partial charge in [0.25, 0.3) is 5.91 Å². The third kappa shape index (κ3) is 2.61. The average Bonchev–Trinajstić information content (AvgIpc) is 3.13. The molecule has 0 saturated carbocycles. The van der Waals surface area contributed by atoms with Crippen LogP contribution in [0.3, 0.4) is 0 Å². The first kappa shape index (κ1) is 17.6. The number of ether oxygens (including phenoxy) is 2. The smallest absolute Gasteiger partial charge is 0.355 e. The second kappa shape index (κ2) is 6.58. The second-order valence-electron chi connectivity index (χ2n) is 5.70. The first-order chi connectivity index (χ1) is 12.4. The molecule has 9 heteroatoms. The van der Waals surface area contributed by atoms with E-state index in [9.17, 15) is 19.2 Å². The van der Waals surface area contributed by atoms with Crippen molar-refractivity contribution in [2.75, 3.05) is 18.6 Å². The van der Waals surface area contributed by atoms with Crippen LogP contribution in [0.4, 0.5) is 5.69 Å². The lowest BCUT2D eigenvalue weighted by Gasteiger charge is -2.19. The van der Waals surface area contributed by atoms with Crippen LogP contribution in [0.25, 0.3) is 0 Å². The van der Waals surface area contributed by atoms with E-state index in [4.69, 9.17) is 9.47 Å². The number of nitrogens with zero attached hydrogens (tertiary/aromatic N) is 3. The van der Waals surface area contributed by atoms with E-state index in [1.807, 2.05) is 0 Å². The number of rotatable bonds is 4. The topological polar surface area (TPSA) is 106 Å². The molecule has 0 aromatic heterocycles. The molecule has 1 aromatic rings. The Labute approximate surface area is 149 Å². The molecule has 136 valence electrons. The molecule has 2 atom stereocenters. The highest BCUT2D eigenvalue weighted by Crippen LogP contribution is 2.35. The number of benzene rings is 1. The van der Waals surface area contributed by atoms with E-state index >= 15 is 0 Å². The number of carbonyl (C=O) groups excluding carboxylic acids is 4. The summed E-state index contributed by atoms with van der Waals surface area (Å²) in [6, 6.07) is 5.13. The zero-order valence-corrected chi connectivity index (χ0v) is 14.5. The van der Waals surface area contributed by atoms with Gasteiger partial charge < -0.3 is 9.47 Å². The molecule has 0 bridgehead atoms. The summed E-state index contributed by atoms with van der Waals surface area (Å²) in [5.41, 5.74) is 0.0864. The molecular formula is C17H17N3O6. The number of anilines is 1. The Morgan fingerprint density at radius 1 is 1.15 bits per heavy atom. The van der Waals surface area contributed by atoms with Gasteiger partial charge in [-0.1, -0.05) is 0 Å². The summed E-state index contributed by atoms with van der Waals surface area (Å²) in [6.07, 6.45) is 0. The summed E-state index contributed by atoms with van der Waals surface area (Å²) in [5.74, 6) is -3.22. The van der Waals surface area contributed by atoms with Gasteiger partial charge in [0.05, 0.1) is 19.4 Å². The molecule has 2 aliphatic heterocycles. The molecule has 9 nitrogen and oxygen atoms in total. The molecule has 2 heterocycles. The highest BCUT2D eigenvalue weighted by molar-refractivity contribution is 6.47. The van der Waals surface area contributed by atoms with E-state index in [1.165, 1.54) is 14.0 Å². The Balaban J connectivity index is 2.00. The van der Waals surface area contributed by atoms with E-state index in [0.29, 0.717) is 11.4 Å². The highest BCUT2D eigenvalue weighted by Gasteiger charge is 2.59. The molecular weight excluding hydrogens is 342 g/mol. The molecule has 1 aromatic carbocycles. The molecule has 2 aliphatic rings. The van der Waals surface area contributed by atoms with Crippen LogP contribution in [-0.2, 0) is 23.9 Å². The minimum Gasteiger partial charge on any atom is -0.497 e. The van der Waals surface area contributed by atoms with E-state index in [-0.39, 0.29) is 12.3 Å². The Kier molecular flexibility index (Phi) is 4.45. The Bertz CT molecular complexity index is 816. The average molecular weight is 359 g/mol. The maximum atomic E-state index is 12.9. The second-order valence-corrected chi connectivity index (χ2v) is 5.70. The van der Waals surface area contributed by atoms with Gasteiger partial charge in [0.2, 0.25) is 11.8 Å². The minimum atomic E-state index is -1.18. The number of fused-ring (bicyclic) bond motifs is 1. The zero-order chi connectivity index (χ0) is 19.0. The van der Waals surface area contributed by atoms with Gasteiger partial charge in [-0.2, -0.15) is 5.10 Å². The summed E-state index contributed by atoms with van der Waals surface area (Å²) in [5, 5.41) is 4.76. The lowest BCUT2D eigenvalue weighted by atomic mass is 9.98. The SMILES string of the molecule is CCOC(=O)C1=NN(C(C)=O)[C@H]2C(=O)N(c3ccc(OC)cc3)C(=O)[C@@H]12. The highest BCUT2D eigenvalue weighted by atomic mass is 16.5. The maximum Gasteiger partial charge on any atom is 0.355 e. The quantitative estimate of drug-likeness (QED) is 0.567. The van der Waals surface area contributed by atoms with Gasteiger partial charge in [-0.25, -0.2) is 14.7 Å². The van der Waals surface area contributed by atoms with Crippen LogP contribution in [-0.4, -0.2) is 54.2 Å². The molecule has 26 heavy (non-hydrogen) atoms. The van der Waals surface area contributed by atoms with Crippen molar-refractivity contribution in [2.24, 2.45) is 11.0 Å². The monoisotopic (exact) mass is 359 g/mol. The fraction of sp³-hybridized carbons (Fsp3) is 0.353. The number of hydrazone groups is 1. The van der Waals surface area contributed by atoms with E-state index in [0.717, 1.165) is 9.91 Å². The predicted octanol–water partition coefficient (Wildman–Crippen LogP) is 0.334. The van der Waals surface area contributed by atoms with Crippen LogP contribution < -0.4 is 9.64 Å². The molecule has 1 fully saturated rings. The first-order valence-corrected chi connectivity index (χ1v) is 7.98. The lowest BCUT2D eigenvalue weighted by Crippen LogP contribution is -2.41. The van der Waals surface area contributed by atoms with Crippen molar-refractivity contribution < 1.29 is 28.7 Å². The van der Waals surface area contributed by atoms with Gasteiger partial charge in [0, 0.05) is 6.92 Å². The Morgan fingerprint density at radius 2 is 1.81 bits per heavy atom. The van der Waals surface area contributed by atoms with Crippen LogP contribution in [0.5, 0.6) is 5.75 Å². The minimum absolute atomic E-state index is 0.0830. The van der Waals surface area contributed by atoms with Crippen LogP contribution in [0.2, 0.25) is 0 Å². The van der Waals surface area contributed by atoms with E-state index < -0.39 is 35.7 Å². The van der Waals surface area contributed by atoms with Crippen LogP contribution >= 0.6 is 0 Å². The number of hydrogen-bond donors (Lipinski definition) is 0. The van der Waals surface area contributed by atoms with Gasteiger partial charge >= 0.3 is 5.97 Å². The Morgan fingerprint density at radius 3 is 2.35 bits per heavy atom. The van der Waals surface area contributed by atoms with Gasteiger partial charge in [0.15, 0.2) is 11.8 Å². The van der Waals surface area contributed by atoms with Crippen molar-refractivity contribution in [1.82, 2.24) is 5.01 Å². The molecule has 0 unspecified atom stereocenters. The summed E-state index contributed by atoms with van der Waals surface area (Å²) in [7, 11) is 1.50. The largest absolute Gasteiger partial charge is 0.497 e.